The molecule has 1 N–H and O–H groups in total. The predicted octanol–water partition coefficient (Wildman–Crippen LogP) is 3.81. The SMILES string of the molecule is CC(C)C1CNC(C)(C2CC2)CN1C1CCCCCC1. The second kappa shape index (κ2) is 5.96. The monoisotopic (exact) mass is 278 g/mol. The molecule has 2 nitrogen and oxygen atoms in total. The number of hydrogen-bond acceptors (Lipinski definition) is 2. The minimum atomic E-state index is 0.400. The van der Waals surface area contributed by atoms with E-state index in [0.717, 1.165) is 23.9 Å². The predicted molar refractivity (Wildman–Crippen MR) is 86.0 cm³/mol. The molecule has 0 aromatic carbocycles. The third-order valence-electron chi connectivity index (χ3n) is 6.19. The zero-order chi connectivity index (χ0) is 14.2. The summed E-state index contributed by atoms with van der Waals surface area (Å²) in [6.45, 7) is 9.82. The molecule has 3 fully saturated rings. The molecule has 0 bridgehead atoms. The normalized spacial score (nSPS) is 38.1. The highest BCUT2D eigenvalue weighted by molar-refractivity contribution is 5.05. The summed E-state index contributed by atoms with van der Waals surface area (Å²) in [7, 11) is 0. The van der Waals surface area contributed by atoms with Gasteiger partial charge < -0.3 is 5.32 Å². The van der Waals surface area contributed by atoms with Crippen LogP contribution in [-0.2, 0) is 0 Å². The Bertz CT molecular complexity index is 315. The Morgan fingerprint density at radius 2 is 1.65 bits per heavy atom. The van der Waals surface area contributed by atoms with E-state index < -0.39 is 0 Å². The second-order valence-electron chi connectivity index (χ2n) is 8.20. The Morgan fingerprint density at radius 3 is 2.20 bits per heavy atom. The second-order valence-corrected chi connectivity index (χ2v) is 8.20. The van der Waals surface area contributed by atoms with Crippen molar-refractivity contribution in [3.8, 4) is 0 Å². The van der Waals surface area contributed by atoms with Crippen LogP contribution in [0.5, 0.6) is 0 Å². The lowest BCUT2D eigenvalue weighted by Gasteiger charge is -2.51. The van der Waals surface area contributed by atoms with Crippen LogP contribution in [0.25, 0.3) is 0 Å². The fraction of sp³-hybridized carbons (Fsp3) is 1.00. The first-order valence-corrected chi connectivity index (χ1v) is 9.11. The molecule has 1 aliphatic heterocycles. The molecule has 2 unspecified atom stereocenters. The molecule has 2 saturated carbocycles. The van der Waals surface area contributed by atoms with Gasteiger partial charge in [-0.2, -0.15) is 0 Å². The van der Waals surface area contributed by atoms with E-state index in [1.807, 2.05) is 0 Å². The molecule has 3 rings (SSSR count). The van der Waals surface area contributed by atoms with Gasteiger partial charge in [-0.05, 0) is 44.4 Å². The van der Waals surface area contributed by atoms with Crippen molar-refractivity contribution in [1.29, 1.82) is 0 Å². The quantitative estimate of drug-likeness (QED) is 0.790. The van der Waals surface area contributed by atoms with E-state index in [0.29, 0.717) is 5.54 Å². The minimum absolute atomic E-state index is 0.400. The molecule has 116 valence electrons. The number of nitrogens with one attached hydrogen (secondary N) is 1. The maximum absolute atomic E-state index is 3.93. The largest absolute Gasteiger partial charge is 0.308 e. The number of hydrogen-bond donors (Lipinski definition) is 1. The smallest absolute Gasteiger partial charge is 0.0309 e. The zero-order valence-electron chi connectivity index (χ0n) is 13.8. The van der Waals surface area contributed by atoms with Crippen LogP contribution in [0.1, 0.15) is 72.1 Å². The van der Waals surface area contributed by atoms with Gasteiger partial charge in [-0.1, -0.05) is 39.5 Å². The summed E-state index contributed by atoms with van der Waals surface area (Å²) in [4.78, 5) is 2.94. The van der Waals surface area contributed by atoms with Crippen LogP contribution in [0.2, 0.25) is 0 Å². The Balaban J connectivity index is 1.73. The van der Waals surface area contributed by atoms with Crippen molar-refractivity contribution in [2.24, 2.45) is 11.8 Å². The first-order chi connectivity index (χ1) is 9.60. The third-order valence-corrected chi connectivity index (χ3v) is 6.19. The lowest BCUT2D eigenvalue weighted by Crippen LogP contribution is -2.67. The fourth-order valence-electron chi connectivity index (χ4n) is 4.61. The molecule has 0 amide bonds. The topological polar surface area (TPSA) is 15.3 Å². The number of rotatable bonds is 3. The van der Waals surface area contributed by atoms with Gasteiger partial charge >= 0.3 is 0 Å². The van der Waals surface area contributed by atoms with E-state index in [4.69, 9.17) is 0 Å². The van der Waals surface area contributed by atoms with E-state index in [1.54, 1.807) is 0 Å². The Morgan fingerprint density at radius 1 is 1.00 bits per heavy atom. The maximum atomic E-state index is 3.93. The summed E-state index contributed by atoms with van der Waals surface area (Å²) in [5.41, 5.74) is 0.400. The van der Waals surface area contributed by atoms with E-state index in [-0.39, 0.29) is 0 Å². The molecule has 20 heavy (non-hydrogen) atoms. The van der Waals surface area contributed by atoms with Crippen LogP contribution < -0.4 is 5.32 Å². The molecule has 2 heteroatoms. The molecule has 0 aromatic heterocycles. The number of nitrogens with zero attached hydrogens (tertiary/aromatic N) is 1. The maximum Gasteiger partial charge on any atom is 0.0309 e. The Kier molecular flexibility index (Phi) is 4.42. The standard InChI is InChI=1S/C18H34N2/c1-14(2)17-12-19-18(3,15-10-11-15)13-20(17)16-8-6-4-5-7-9-16/h14-17,19H,4-13H2,1-3H3. The molecular formula is C18H34N2. The summed E-state index contributed by atoms with van der Waals surface area (Å²) in [5, 5.41) is 3.93. The molecule has 1 saturated heterocycles. The van der Waals surface area contributed by atoms with Crippen molar-refractivity contribution in [3.63, 3.8) is 0 Å². The van der Waals surface area contributed by atoms with Gasteiger partial charge in [-0.25, -0.2) is 0 Å². The molecule has 2 aliphatic carbocycles. The van der Waals surface area contributed by atoms with E-state index in [9.17, 15) is 0 Å². The van der Waals surface area contributed by atoms with Crippen LogP contribution in [0.4, 0.5) is 0 Å². The molecular weight excluding hydrogens is 244 g/mol. The Labute approximate surface area is 125 Å². The summed E-state index contributed by atoms with van der Waals surface area (Å²) < 4.78 is 0. The number of piperazine rings is 1. The summed E-state index contributed by atoms with van der Waals surface area (Å²) in [5.74, 6) is 1.72. The summed E-state index contributed by atoms with van der Waals surface area (Å²) >= 11 is 0. The average molecular weight is 278 g/mol. The molecule has 0 spiro atoms. The third kappa shape index (κ3) is 3.06. The lowest BCUT2D eigenvalue weighted by atomic mass is 9.86. The zero-order valence-corrected chi connectivity index (χ0v) is 13.8. The minimum Gasteiger partial charge on any atom is -0.308 e. The van der Waals surface area contributed by atoms with Crippen molar-refractivity contribution in [2.75, 3.05) is 13.1 Å². The van der Waals surface area contributed by atoms with E-state index in [2.05, 4.69) is 31.0 Å². The van der Waals surface area contributed by atoms with Crippen LogP contribution >= 0.6 is 0 Å². The van der Waals surface area contributed by atoms with Crippen LogP contribution in [0, 0.1) is 11.8 Å². The highest BCUT2D eigenvalue weighted by Gasteiger charge is 2.47. The molecule has 0 radical (unpaired) electrons. The van der Waals surface area contributed by atoms with Gasteiger partial charge in [0.15, 0.2) is 0 Å². The molecule has 3 aliphatic rings. The average Bonchev–Trinajstić information content (AvgIpc) is 3.25. The van der Waals surface area contributed by atoms with Gasteiger partial charge in [0.05, 0.1) is 0 Å². The molecule has 0 aromatic rings. The van der Waals surface area contributed by atoms with Gasteiger partial charge in [0.25, 0.3) is 0 Å². The Hall–Kier alpha value is -0.0800. The van der Waals surface area contributed by atoms with Crippen LogP contribution in [0.3, 0.4) is 0 Å². The van der Waals surface area contributed by atoms with E-state index in [1.165, 1.54) is 64.5 Å². The molecule has 2 atom stereocenters. The van der Waals surface area contributed by atoms with Crippen molar-refractivity contribution in [2.45, 2.75) is 89.8 Å². The highest BCUT2D eigenvalue weighted by atomic mass is 15.3. The van der Waals surface area contributed by atoms with Crippen molar-refractivity contribution in [3.05, 3.63) is 0 Å². The van der Waals surface area contributed by atoms with Gasteiger partial charge in [-0.3, -0.25) is 4.90 Å². The van der Waals surface area contributed by atoms with Crippen LogP contribution in [-0.4, -0.2) is 35.6 Å². The first kappa shape index (κ1) is 14.8. The first-order valence-electron chi connectivity index (χ1n) is 9.11. The fourth-order valence-corrected chi connectivity index (χ4v) is 4.61. The summed E-state index contributed by atoms with van der Waals surface area (Å²) in [6.07, 6.45) is 11.7. The van der Waals surface area contributed by atoms with Gasteiger partial charge in [0, 0.05) is 30.7 Å². The van der Waals surface area contributed by atoms with Crippen LogP contribution in [0.15, 0.2) is 0 Å². The van der Waals surface area contributed by atoms with Crippen molar-refractivity contribution < 1.29 is 0 Å². The highest BCUT2D eigenvalue weighted by Crippen LogP contribution is 2.42. The van der Waals surface area contributed by atoms with Gasteiger partial charge in [0.2, 0.25) is 0 Å². The van der Waals surface area contributed by atoms with Crippen molar-refractivity contribution >= 4 is 0 Å². The van der Waals surface area contributed by atoms with Gasteiger partial charge in [0.1, 0.15) is 0 Å². The van der Waals surface area contributed by atoms with Gasteiger partial charge in [-0.15, -0.1) is 0 Å². The molecule has 1 heterocycles. The lowest BCUT2D eigenvalue weighted by molar-refractivity contribution is 0.0131. The van der Waals surface area contributed by atoms with Crippen molar-refractivity contribution in [1.82, 2.24) is 10.2 Å². The summed E-state index contributed by atoms with van der Waals surface area (Å²) in [6, 6.07) is 1.62. The van der Waals surface area contributed by atoms with E-state index >= 15 is 0 Å².